The third-order valence-corrected chi connectivity index (χ3v) is 4.67. The van der Waals surface area contributed by atoms with Crippen LogP contribution in [0.1, 0.15) is 28.9 Å². The number of thiophene rings is 1. The normalized spacial score (nSPS) is 20.8. The number of tetrazole rings is 1. The Labute approximate surface area is 124 Å². The van der Waals surface area contributed by atoms with Gasteiger partial charge < -0.3 is 5.32 Å². The molecule has 1 aliphatic rings. The average Bonchev–Trinajstić information content (AvgIpc) is 3.18. The molecule has 5 nitrogen and oxygen atoms in total. The first-order valence-electron chi connectivity index (χ1n) is 6.64. The number of rotatable bonds is 2. The fraction of sp³-hybridized carbons (Fsp3) is 0.214. The third kappa shape index (κ3) is 2.19. The Morgan fingerprint density at radius 3 is 2.86 bits per heavy atom. The van der Waals surface area contributed by atoms with Crippen LogP contribution in [0, 0.1) is 5.82 Å². The van der Waals surface area contributed by atoms with Crippen LogP contribution < -0.4 is 5.32 Å². The van der Waals surface area contributed by atoms with Crippen LogP contribution in [-0.4, -0.2) is 20.2 Å². The van der Waals surface area contributed by atoms with Crippen LogP contribution >= 0.6 is 11.3 Å². The summed E-state index contributed by atoms with van der Waals surface area (Å²) in [5, 5.41) is 17.2. The van der Waals surface area contributed by atoms with Gasteiger partial charge in [0.2, 0.25) is 5.95 Å². The summed E-state index contributed by atoms with van der Waals surface area (Å²) in [6, 6.07) is 10.9. The summed E-state index contributed by atoms with van der Waals surface area (Å²) in [7, 11) is 0. The van der Waals surface area contributed by atoms with Gasteiger partial charge in [0.1, 0.15) is 5.82 Å². The number of halogens is 1. The van der Waals surface area contributed by atoms with Crippen LogP contribution in [0.15, 0.2) is 41.8 Å². The second kappa shape index (κ2) is 4.92. The fourth-order valence-electron chi connectivity index (χ4n) is 2.67. The maximum absolute atomic E-state index is 13.1. The van der Waals surface area contributed by atoms with E-state index in [4.69, 9.17) is 0 Å². The summed E-state index contributed by atoms with van der Waals surface area (Å²) in [6.45, 7) is 0. The fourth-order valence-corrected chi connectivity index (χ4v) is 3.49. The molecule has 0 bridgehead atoms. The zero-order valence-corrected chi connectivity index (χ0v) is 11.8. The number of nitrogens with one attached hydrogen (secondary N) is 1. The summed E-state index contributed by atoms with van der Waals surface area (Å²) in [4.78, 5) is 1.22. The molecule has 2 atom stereocenters. The van der Waals surface area contributed by atoms with Gasteiger partial charge in [0.15, 0.2) is 0 Å². The van der Waals surface area contributed by atoms with Crippen LogP contribution in [0.2, 0.25) is 0 Å². The first-order chi connectivity index (χ1) is 10.3. The first kappa shape index (κ1) is 12.5. The molecule has 3 aromatic rings. The largest absolute Gasteiger partial charge is 0.346 e. The van der Waals surface area contributed by atoms with Crippen LogP contribution in [0.5, 0.6) is 0 Å². The molecule has 21 heavy (non-hydrogen) atoms. The van der Waals surface area contributed by atoms with Gasteiger partial charge in [0, 0.05) is 4.88 Å². The third-order valence-electron chi connectivity index (χ3n) is 3.69. The van der Waals surface area contributed by atoms with Crippen molar-refractivity contribution in [2.45, 2.75) is 18.5 Å². The maximum Gasteiger partial charge on any atom is 0.244 e. The molecule has 0 saturated carbocycles. The average molecular weight is 301 g/mol. The van der Waals surface area contributed by atoms with E-state index in [-0.39, 0.29) is 17.9 Å². The summed E-state index contributed by atoms with van der Waals surface area (Å²) >= 11 is 1.69. The Hall–Kier alpha value is -2.28. The Bertz CT molecular complexity index is 737. The molecular weight excluding hydrogens is 289 g/mol. The Morgan fingerprint density at radius 2 is 2.10 bits per heavy atom. The van der Waals surface area contributed by atoms with E-state index < -0.39 is 0 Å². The minimum atomic E-state index is -0.228. The molecule has 106 valence electrons. The quantitative estimate of drug-likeness (QED) is 0.790. The lowest BCUT2D eigenvalue weighted by molar-refractivity contribution is 0.429. The van der Waals surface area contributed by atoms with Gasteiger partial charge in [0.05, 0.1) is 12.1 Å². The second-order valence-electron chi connectivity index (χ2n) is 4.96. The molecule has 0 aliphatic carbocycles. The first-order valence-corrected chi connectivity index (χ1v) is 7.52. The number of hydrogen-bond acceptors (Lipinski definition) is 5. The number of benzene rings is 1. The second-order valence-corrected chi connectivity index (χ2v) is 5.94. The van der Waals surface area contributed by atoms with Crippen molar-refractivity contribution in [1.82, 2.24) is 20.2 Å². The SMILES string of the molecule is Fc1ccc([C@H]2C[C@H](c3cccs3)n3nnnc3N2)cc1. The molecule has 1 aliphatic heterocycles. The van der Waals surface area contributed by atoms with Crippen molar-refractivity contribution in [2.24, 2.45) is 0 Å². The number of nitrogens with zero attached hydrogens (tertiary/aromatic N) is 4. The molecule has 0 spiro atoms. The summed E-state index contributed by atoms with van der Waals surface area (Å²) in [6.07, 6.45) is 0.824. The summed E-state index contributed by atoms with van der Waals surface area (Å²) in [5.74, 6) is 0.420. The van der Waals surface area contributed by atoms with Crippen molar-refractivity contribution in [1.29, 1.82) is 0 Å². The summed E-state index contributed by atoms with van der Waals surface area (Å²) < 4.78 is 14.9. The van der Waals surface area contributed by atoms with Gasteiger partial charge in [-0.3, -0.25) is 0 Å². The van der Waals surface area contributed by atoms with Crippen LogP contribution in [0.4, 0.5) is 10.3 Å². The number of anilines is 1. The number of fused-ring (bicyclic) bond motifs is 1. The predicted octanol–water partition coefficient (Wildman–Crippen LogP) is 3.02. The zero-order chi connectivity index (χ0) is 14.2. The molecule has 0 amide bonds. The number of aromatic nitrogens is 4. The Balaban J connectivity index is 1.72. The van der Waals surface area contributed by atoms with Gasteiger partial charge in [-0.15, -0.1) is 11.3 Å². The number of hydrogen-bond donors (Lipinski definition) is 1. The van der Waals surface area contributed by atoms with Gasteiger partial charge in [-0.05, 0) is 46.0 Å². The highest BCUT2D eigenvalue weighted by molar-refractivity contribution is 7.10. The van der Waals surface area contributed by atoms with E-state index in [0.717, 1.165) is 12.0 Å². The smallest absolute Gasteiger partial charge is 0.244 e. The maximum atomic E-state index is 13.1. The van der Waals surface area contributed by atoms with E-state index in [0.29, 0.717) is 5.95 Å². The highest BCUT2D eigenvalue weighted by atomic mass is 32.1. The topological polar surface area (TPSA) is 55.6 Å². The Morgan fingerprint density at radius 1 is 1.24 bits per heavy atom. The van der Waals surface area contributed by atoms with Crippen LogP contribution in [-0.2, 0) is 0 Å². The van der Waals surface area contributed by atoms with Gasteiger partial charge in [0.25, 0.3) is 0 Å². The summed E-state index contributed by atoms with van der Waals surface area (Å²) in [5.41, 5.74) is 1.03. The van der Waals surface area contributed by atoms with Gasteiger partial charge in [-0.25, -0.2) is 9.07 Å². The van der Waals surface area contributed by atoms with E-state index in [1.807, 2.05) is 16.1 Å². The van der Waals surface area contributed by atoms with E-state index >= 15 is 0 Å². The van der Waals surface area contributed by atoms with E-state index in [2.05, 4.69) is 26.9 Å². The zero-order valence-electron chi connectivity index (χ0n) is 11.0. The van der Waals surface area contributed by atoms with Crippen molar-refractivity contribution in [3.8, 4) is 0 Å². The lowest BCUT2D eigenvalue weighted by Crippen LogP contribution is -2.27. The minimum absolute atomic E-state index is 0.0659. The standard InChI is InChI=1S/C14H12FN5S/c15-10-5-3-9(4-6-10)11-8-12(13-2-1-7-21-13)20-14(16-11)17-18-19-20/h1-7,11-12H,8H2,(H,16,17,19)/t11-,12-/m1/s1. The lowest BCUT2D eigenvalue weighted by Gasteiger charge is -2.30. The van der Waals surface area contributed by atoms with E-state index in [1.165, 1.54) is 17.0 Å². The molecule has 0 saturated heterocycles. The van der Waals surface area contributed by atoms with E-state index in [1.54, 1.807) is 23.5 Å². The molecule has 3 heterocycles. The molecule has 1 N–H and O–H groups in total. The molecule has 0 radical (unpaired) electrons. The van der Waals surface area contributed by atoms with Crippen molar-refractivity contribution < 1.29 is 4.39 Å². The van der Waals surface area contributed by atoms with Gasteiger partial charge in [-0.2, -0.15) is 0 Å². The van der Waals surface area contributed by atoms with Crippen molar-refractivity contribution in [2.75, 3.05) is 5.32 Å². The van der Waals surface area contributed by atoms with Gasteiger partial charge >= 0.3 is 0 Å². The highest BCUT2D eigenvalue weighted by Gasteiger charge is 2.31. The molecule has 2 aromatic heterocycles. The monoisotopic (exact) mass is 301 g/mol. The van der Waals surface area contributed by atoms with Crippen molar-refractivity contribution >= 4 is 17.3 Å². The van der Waals surface area contributed by atoms with E-state index in [9.17, 15) is 4.39 Å². The van der Waals surface area contributed by atoms with Gasteiger partial charge in [-0.1, -0.05) is 23.3 Å². The van der Waals surface area contributed by atoms with Crippen LogP contribution in [0.3, 0.4) is 0 Å². The molecule has 4 rings (SSSR count). The molecule has 0 fully saturated rings. The van der Waals surface area contributed by atoms with Crippen molar-refractivity contribution in [3.63, 3.8) is 0 Å². The lowest BCUT2D eigenvalue weighted by atomic mass is 9.97. The predicted molar refractivity (Wildman–Crippen MR) is 77.7 cm³/mol. The molecule has 1 aromatic carbocycles. The highest BCUT2D eigenvalue weighted by Crippen LogP contribution is 2.38. The Kier molecular flexibility index (Phi) is 2.92. The molecular formula is C14H12FN5S. The molecule has 7 heteroatoms. The van der Waals surface area contributed by atoms with Crippen molar-refractivity contribution in [3.05, 3.63) is 58.0 Å². The molecule has 0 unspecified atom stereocenters. The van der Waals surface area contributed by atoms with Crippen LogP contribution in [0.25, 0.3) is 0 Å². The minimum Gasteiger partial charge on any atom is -0.346 e.